The summed E-state index contributed by atoms with van der Waals surface area (Å²) < 4.78 is 5.98. The van der Waals surface area contributed by atoms with Crippen molar-refractivity contribution in [3.05, 3.63) is 48.0 Å². The number of amides is 1. The van der Waals surface area contributed by atoms with E-state index in [1.807, 2.05) is 12.2 Å². The molecule has 1 saturated carbocycles. The van der Waals surface area contributed by atoms with Crippen molar-refractivity contribution >= 4 is 6.09 Å². The second-order valence-corrected chi connectivity index (χ2v) is 6.15. The van der Waals surface area contributed by atoms with Gasteiger partial charge in [0.2, 0.25) is 0 Å². The van der Waals surface area contributed by atoms with Crippen LogP contribution in [0.3, 0.4) is 0 Å². The molecule has 4 heteroatoms. The summed E-state index contributed by atoms with van der Waals surface area (Å²) >= 11 is 0. The van der Waals surface area contributed by atoms with Gasteiger partial charge in [-0.05, 0) is 37.2 Å². The molecule has 118 valence electrons. The number of benzene rings is 1. The van der Waals surface area contributed by atoms with Crippen molar-refractivity contribution in [2.45, 2.75) is 43.7 Å². The number of rotatable bonds is 4. The number of nitrogens with zero attached hydrogens (tertiary/aromatic N) is 1. The Morgan fingerprint density at radius 3 is 2.59 bits per heavy atom. The maximum atomic E-state index is 11.1. The number of ether oxygens (including phenoxy) is 1. The third-order valence-electron chi connectivity index (χ3n) is 4.75. The summed E-state index contributed by atoms with van der Waals surface area (Å²) in [4.78, 5) is 12.5. The average Bonchev–Trinajstić information content (AvgIpc) is 3.03. The van der Waals surface area contributed by atoms with Crippen molar-refractivity contribution in [1.29, 1.82) is 0 Å². The molecule has 1 fully saturated rings. The molecule has 1 amide bonds. The van der Waals surface area contributed by atoms with Gasteiger partial charge in [0.25, 0.3) is 0 Å². The van der Waals surface area contributed by atoms with Crippen LogP contribution in [0.1, 0.15) is 37.2 Å². The van der Waals surface area contributed by atoms with Gasteiger partial charge in [-0.1, -0.05) is 42.5 Å². The van der Waals surface area contributed by atoms with Crippen molar-refractivity contribution in [3.8, 4) is 0 Å². The highest BCUT2D eigenvalue weighted by Crippen LogP contribution is 2.34. The number of carbonyl (C=O) groups is 1. The van der Waals surface area contributed by atoms with Gasteiger partial charge >= 0.3 is 6.09 Å². The summed E-state index contributed by atoms with van der Waals surface area (Å²) in [6.45, 7) is 0.952. The summed E-state index contributed by atoms with van der Waals surface area (Å²) in [5, 5.41) is 9.11. The van der Waals surface area contributed by atoms with Crippen LogP contribution >= 0.6 is 0 Å². The lowest BCUT2D eigenvalue weighted by molar-refractivity contribution is 0.00449. The lowest BCUT2D eigenvalue weighted by Gasteiger charge is -2.30. The quantitative estimate of drug-likeness (QED) is 0.864. The SMILES string of the molecule is O=C(O)N1CC=CC1COC1CCC(c2ccccc2)CC1. The van der Waals surface area contributed by atoms with Crippen molar-refractivity contribution in [1.82, 2.24) is 4.90 Å². The summed E-state index contributed by atoms with van der Waals surface area (Å²) in [6.07, 6.45) is 7.65. The molecule has 0 aromatic heterocycles. The van der Waals surface area contributed by atoms with E-state index in [2.05, 4.69) is 30.3 Å². The Morgan fingerprint density at radius 1 is 1.18 bits per heavy atom. The molecule has 4 nitrogen and oxygen atoms in total. The maximum absolute atomic E-state index is 11.1. The molecule has 1 aliphatic heterocycles. The van der Waals surface area contributed by atoms with E-state index in [1.165, 1.54) is 10.5 Å². The molecule has 1 atom stereocenters. The molecule has 1 N–H and O–H groups in total. The zero-order valence-corrected chi connectivity index (χ0v) is 12.7. The monoisotopic (exact) mass is 301 g/mol. The van der Waals surface area contributed by atoms with E-state index in [1.54, 1.807) is 0 Å². The molecule has 0 radical (unpaired) electrons. The van der Waals surface area contributed by atoms with Gasteiger partial charge in [0.15, 0.2) is 0 Å². The summed E-state index contributed by atoms with van der Waals surface area (Å²) in [5.41, 5.74) is 1.43. The molecular formula is C18H23NO3. The minimum absolute atomic E-state index is 0.121. The van der Waals surface area contributed by atoms with Crippen LogP contribution in [0.15, 0.2) is 42.5 Å². The predicted molar refractivity (Wildman–Crippen MR) is 85.0 cm³/mol. The largest absolute Gasteiger partial charge is 0.465 e. The van der Waals surface area contributed by atoms with E-state index in [4.69, 9.17) is 9.84 Å². The molecule has 1 aromatic rings. The highest BCUT2D eigenvalue weighted by atomic mass is 16.5. The fourth-order valence-electron chi connectivity index (χ4n) is 3.46. The van der Waals surface area contributed by atoms with Crippen molar-refractivity contribution in [2.24, 2.45) is 0 Å². The van der Waals surface area contributed by atoms with Gasteiger partial charge in [-0.2, -0.15) is 0 Å². The van der Waals surface area contributed by atoms with Gasteiger partial charge in [-0.3, -0.25) is 4.90 Å². The molecule has 0 bridgehead atoms. The normalized spacial score (nSPS) is 28.0. The first-order valence-corrected chi connectivity index (χ1v) is 8.07. The average molecular weight is 301 g/mol. The van der Waals surface area contributed by atoms with Crippen LogP contribution in [0.25, 0.3) is 0 Å². The molecule has 1 aromatic carbocycles. The second kappa shape index (κ2) is 6.97. The van der Waals surface area contributed by atoms with Gasteiger partial charge in [-0.25, -0.2) is 4.79 Å². The van der Waals surface area contributed by atoms with Crippen LogP contribution in [-0.4, -0.2) is 41.4 Å². The Bertz CT molecular complexity index is 520. The van der Waals surface area contributed by atoms with Crippen LogP contribution in [0.5, 0.6) is 0 Å². The fraction of sp³-hybridized carbons (Fsp3) is 0.500. The predicted octanol–water partition coefficient (Wildman–Crippen LogP) is 3.65. The van der Waals surface area contributed by atoms with Crippen LogP contribution in [-0.2, 0) is 4.74 Å². The Morgan fingerprint density at radius 2 is 1.91 bits per heavy atom. The molecule has 3 rings (SSSR count). The molecule has 1 heterocycles. The number of hydrogen-bond acceptors (Lipinski definition) is 2. The van der Waals surface area contributed by atoms with E-state index >= 15 is 0 Å². The first kappa shape index (κ1) is 15.1. The molecule has 22 heavy (non-hydrogen) atoms. The standard InChI is InChI=1S/C18H23NO3/c20-18(21)19-12-4-7-16(19)13-22-17-10-8-15(9-11-17)14-5-2-1-3-6-14/h1-7,15-17H,8-13H2,(H,20,21). The van der Waals surface area contributed by atoms with E-state index in [9.17, 15) is 4.79 Å². The molecule has 1 aliphatic carbocycles. The lowest BCUT2D eigenvalue weighted by Crippen LogP contribution is -2.39. The van der Waals surface area contributed by atoms with Crippen LogP contribution in [0.2, 0.25) is 0 Å². The maximum Gasteiger partial charge on any atom is 0.408 e. The zero-order chi connectivity index (χ0) is 15.4. The van der Waals surface area contributed by atoms with Gasteiger partial charge in [-0.15, -0.1) is 0 Å². The van der Waals surface area contributed by atoms with E-state index < -0.39 is 6.09 Å². The smallest absolute Gasteiger partial charge is 0.408 e. The zero-order valence-electron chi connectivity index (χ0n) is 12.7. The molecular weight excluding hydrogens is 278 g/mol. The molecule has 2 aliphatic rings. The van der Waals surface area contributed by atoms with Crippen molar-refractivity contribution in [2.75, 3.05) is 13.2 Å². The van der Waals surface area contributed by atoms with Crippen molar-refractivity contribution in [3.63, 3.8) is 0 Å². The van der Waals surface area contributed by atoms with Crippen LogP contribution < -0.4 is 0 Å². The van der Waals surface area contributed by atoms with Crippen LogP contribution in [0.4, 0.5) is 4.79 Å². The highest BCUT2D eigenvalue weighted by Gasteiger charge is 2.27. The third kappa shape index (κ3) is 3.50. The Hall–Kier alpha value is -1.81. The van der Waals surface area contributed by atoms with Crippen LogP contribution in [0, 0.1) is 0 Å². The third-order valence-corrected chi connectivity index (χ3v) is 4.75. The summed E-state index contributed by atoms with van der Waals surface area (Å²) in [5.74, 6) is 0.642. The van der Waals surface area contributed by atoms with Crippen molar-refractivity contribution < 1.29 is 14.6 Å². The summed E-state index contributed by atoms with van der Waals surface area (Å²) in [6, 6.07) is 10.6. The minimum atomic E-state index is -0.869. The molecule has 0 saturated heterocycles. The summed E-state index contributed by atoms with van der Waals surface area (Å²) in [7, 11) is 0. The van der Waals surface area contributed by atoms with E-state index in [-0.39, 0.29) is 12.1 Å². The fourth-order valence-corrected chi connectivity index (χ4v) is 3.46. The molecule has 0 spiro atoms. The first-order chi connectivity index (χ1) is 10.7. The number of carboxylic acid groups (broad SMARTS) is 1. The van der Waals surface area contributed by atoms with Gasteiger partial charge in [0.1, 0.15) is 0 Å². The Kier molecular flexibility index (Phi) is 4.78. The Labute approximate surface area is 131 Å². The van der Waals surface area contributed by atoms with E-state index in [0.717, 1.165) is 25.7 Å². The second-order valence-electron chi connectivity index (χ2n) is 6.15. The number of hydrogen-bond donors (Lipinski definition) is 1. The highest BCUT2D eigenvalue weighted by molar-refractivity contribution is 5.66. The van der Waals surface area contributed by atoms with Gasteiger partial charge < -0.3 is 9.84 Å². The Balaban J connectivity index is 1.44. The van der Waals surface area contributed by atoms with E-state index in [0.29, 0.717) is 19.1 Å². The first-order valence-electron chi connectivity index (χ1n) is 8.07. The lowest BCUT2D eigenvalue weighted by atomic mass is 9.83. The molecule has 1 unspecified atom stereocenters. The van der Waals surface area contributed by atoms with Gasteiger partial charge in [0, 0.05) is 6.54 Å². The van der Waals surface area contributed by atoms with Gasteiger partial charge in [0.05, 0.1) is 18.8 Å². The topological polar surface area (TPSA) is 49.8 Å². The minimum Gasteiger partial charge on any atom is -0.465 e.